The van der Waals surface area contributed by atoms with Gasteiger partial charge in [0.2, 0.25) is 11.8 Å². The Morgan fingerprint density at radius 2 is 0.692 bits per heavy atom. The molecule has 7 aliphatic heterocycles. The van der Waals surface area contributed by atoms with Crippen molar-refractivity contribution in [2.24, 2.45) is 0 Å². The summed E-state index contributed by atoms with van der Waals surface area (Å²) in [5.41, 5.74) is 0. The molecule has 38 heteroatoms. The molecule has 7 heterocycles. The van der Waals surface area contributed by atoms with Crippen molar-refractivity contribution in [3.05, 3.63) is 12.2 Å². The van der Waals surface area contributed by atoms with Crippen LogP contribution in [-0.2, 0) is 75.9 Å². The Morgan fingerprint density at radius 3 is 1.17 bits per heavy atom. The van der Waals surface area contributed by atoms with Gasteiger partial charge in [0, 0.05) is 13.3 Å². The number of aliphatic hydroxyl groups is 20. The lowest BCUT2D eigenvalue weighted by atomic mass is 9.93. The molecule has 120 heavy (non-hydrogen) atoms. The van der Waals surface area contributed by atoms with E-state index in [4.69, 9.17) is 66.3 Å². The molecule has 0 aromatic rings. The van der Waals surface area contributed by atoms with Gasteiger partial charge in [-0.15, -0.1) is 0 Å². The lowest BCUT2D eigenvalue weighted by molar-refractivity contribution is -0.411. The molecule has 38 nitrogen and oxygen atoms in total. The molecule has 7 rings (SSSR count). The average molecular weight is 1740 g/mol. The Kier molecular flexibility index (Phi) is 47.5. The first-order chi connectivity index (χ1) is 57.6. The molecule has 0 aromatic carbocycles. The molecule has 7 fully saturated rings. The molecule has 0 spiro atoms. The minimum atomic E-state index is -2.31. The van der Waals surface area contributed by atoms with Gasteiger partial charge in [-0.1, -0.05) is 193 Å². The molecule has 22 N–H and O–H groups in total. The average Bonchev–Trinajstić information content (AvgIpc) is 0.755. The SMILES string of the molecule is CCCCCCCCCCCCC/C=C/[C@@H](O)[C@H](CO[C@@H]1OC(CO)[C@@H](O[C@@H]2OC(CO)[C@H](O)[C@H](O[C@@H]3OC(CO)[C@@H](O[C@@H]4OC(CO)[C@H](O)[C@H](O[C@H]5OC(CO)[C@H](O)[C@H](O)C5O)C4O[C@H]4OC(C)[C@@H](O)C(O)[C@@H]4O)[C@H](O[C@H]4OC(C)[C@@H](O)C(O)[C@@H]4O)C3NC(C)=O)C2O)[C@H](O)C1O)NC(=O)CCCCCCCCCCCCCCCCCCC. The quantitative estimate of drug-likeness (QED) is 0.0233. The van der Waals surface area contributed by atoms with E-state index in [0.29, 0.717) is 12.8 Å². The van der Waals surface area contributed by atoms with Crippen LogP contribution >= 0.6 is 0 Å². The molecule has 0 bridgehead atoms. The molecule has 0 aliphatic carbocycles. The van der Waals surface area contributed by atoms with E-state index in [1.54, 1.807) is 6.08 Å². The van der Waals surface area contributed by atoms with Gasteiger partial charge in [-0.2, -0.15) is 0 Å². The number of rotatable bonds is 54. The van der Waals surface area contributed by atoms with Crippen molar-refractivity contribution in [3.8, 4) is 0 Å². The second kappa shape index (κ2) is 54.6. The van der Waals surface area contributed by atoms with Crippen LogP contribution in [0.25, 0.3) is 0 Å². The first-order valence-corrected chi connectivity index (χ1v) is 44.2. The van der Waals surface area contributed by atoms with Crippen LogP contribution in [0.15, 0.2) is 12.2 Å². The van der Waals surface area contributed by atoms with Crippen LogP contribution < -0.4 is 10.6 Å². The van der Waals surface area contributed by atoms with Crippen LogP contribution in [0.5, 0.6) is 0 Å². The highest BCUT2D eigenvalue weighted by molar-refractivity contribution is 5.76. The van der Waals surface area contributed by atoms with Crippen molar-refractivity contribution in [1.82, 2.24) is 10.6 Å². The third-order valence-corrected chi connectivity index (χ3v) is 23.9. The summed E-state index contributed by atoms with van der Waals surface area (Å²) in [6.07, 6.45) is -31.9. The summed E-state index contributed by atoms with van der Waals surface area (Å²) in [6, 6.07) is -3.09. The Morgan fingerprint density at radius 1 is 0.342 bits per heavy atom. The van der Waals surface area contributed by atoms with Crippen LogP contribution in [0.3, 0.4) is 0 Å². The molecule has 7 aliphatic rings. The molecular weight excluding hydrogens is 1590 g/mol. The fraction of sp³-hybridized carbons (Fsp3) is 0.951. The fourth-order valence-electron chi connectivity index (χ4n) is 16.4. The third kappa shape index (κ3) is 30.5. The predicted molar refractivity (Wildman–Crippen MR) is 421 cm³/mol. The van der Waals surface area contributed by atoms with Crippen molar-refractivity contribution in [3.63, 3.8) is 0 Å². The van der Waals surface area contributed by atoms with Crippen LogP contribution in [0.1, 0.15) is 227 Å². The number of carbonyl (C=O) groups is 2. The van der Waals surface area contributed by atoms with Crippen LogP contribution in [0, 0.1) is 0 Å². The van der Waals surface area contributed by atoms with E-state index in [9.17, 15) is 112 Å². The van der Waals surface area contributed by atoms with Gasteiger partial charge in [-0.25, -0.2) is 0 Å². The molecule has 0 aromatic heterocycles. The van der Waals surface area contributed by atoms with Gasteiger partial charge in [0.05, 0.1) is 64.0 Å². The maximum atomic E-state index is 13.6. The summed E-state index contributed by atoms with van der Waals surface area (Å²) in [6.45, 7) is 2.13. The van der Waals surface area contributed by atoms with Crippen molar-refractivity contribution in [2.45, 2.75) is 454 Å². The lowest BCUT2D eigenvalue weighted by Crippen LogP contribution is -2.72. The van der Waals surface area contributed by atoms with E-state index < -0.39 is 273 Å². The summed E-state index contributed by atoms with van der Waals surface area (Å²) in [4.78, 5) is 27.3. The van der Waals surface area contributed by atoms with Gasteiger partial charge >= 0.3 is 0 Å². The molecule has 702 valence electrons. The summed E-state index contributed by atoms with van der Waals surface area (Å²) in [7, 11) is 0. The molecule has 14 unspecified atom stereocenters. The standard InChI is InChI=1S/C82H148N2O36/c1-6-8-10-12-14-16-18-20-21-22-23-25-27-29-31-33-35-37-54(92)84-47(48(91)36-34-32-30-28-26-24-19-17-15-13-11-9-7-2)43-107-77-68(105)64(101)70(52(41-88)114-77)115-81-69(106)73(59(96)50(39-86)111-81)118-76-55(83-46(5)90)72(117-78-65(102)61(98)56(93)44(3)108-78)71(53(42-89)113-76)116-82-75(120-79-66(103)62(99)57(94)45(4)109-79)74(60(97)51(40-87)112-82)119-80-67(104)63(100)58(95)49(38-85)110-80/h34,36,44-45,47-53,55-82,85-89,91,93-106H,6-33,35,37-43H2,1-5H3,(H,83,90)(H,84,92)/b36-34+/t44?,45?,47-,48+,49?,50?,51?,52?,53?,55?,56+,57+,58-,59-,60-,61?,62?,63-,64+,65-,66-,67?,68?,69?,70+,71+,72+,73-,74-,75?,76-,77+,78+,79+,80+,81-,82-/m0/s1. The van der Waals surface area contributed by atoms with Crippen molar-refractivity contribution < 1.29 is 178 Å². The minimum absolute atomic E-state index is 0.154. The summed E-state index contributed by atoms with van der Waals surface area (Å²) < 4.78 is 85.3. The van der Waals surface area contributed by atoms with E-state index in [1.165, 1.54) is 136 Å². The van der Waals surface area contributed by atoms with Gasteiger partial charge in [-0.3, -0.25) is 9.59 Å². The number of aliphatic hydroxyl groups excluding tert-OH is 20. The maximum Gasteiger partial charge on any atom is 0.220 e. The largest absolute Gasteiger partial charge is 0.394 e. The van der Waals surface area contributed by atoms with Gasteiger partial charge in [0.25, 0.3) is 0 Å². The minimum Gasteiger partial charge on any atom is -0.394 e. The Labute approximate surface area is 703 Å². The first-order valence-electron chi connectivity index (χ1n) is 44.2. The zero-order valence-corrected chi connectivity index (χ0v) is 70.4. The number of hydrogen-bond acceptors (Lipinski definition) is 36. The fourth-order valence-corrected chi connectivity index (χ4v) is 16.4. The number of allylic oxidation sites excluding steroid dienone is 1. The van der Waals surface area contributed by atoms with Gasteiger partial charge < -0.3 is 179 Å². The second-order valence-electron chi connectivity index (χ2n) is 33.4. The molecule has 2 amide bonds. The Balaban J connectivity index is 1.08. The maximum absolute atomic E-state index is 13.6. The van der Waals surface area contributed by atoms with E-state index in [0.717, 1.165) is 58.3 Å². The van der Waals surface area contributed by atoms with E-state index in [-0.39, 0.29) is 12.3 Å². The normalized spacial score (nSPS) is 39.5. The Bertz CT molecular complexity index is 2800. The third-order valence-electron chi connectivity index (χ3n) is 23.9. The van der Waals surface area contributed by atoms with Gasteiger partial charge in [-0.05, 0) is 33.1 Å². The van der Waals surface area contributed by atoms with Gasteiger partial charge in [0.15, 0.2) is 44.0 Å². The second-order valence-corrected chi connectivity index (χ2v) is 33.4. The van der Waals surface area contributed by atoms with Crippen LogP contribution in [-0.4, -0.2) is 381 Å². The number of unbranched alkanes of at least 4 members (excludes halogenated alkanes) is 27. The highest BCUT2D eigenvalue weighted by Crippen LogP contribution is 2.41. The highest BCUT2D eigenvalue weighted by atomic mass is 16.8. The van der Waals surface area contributed by atoms with E-state index >= 15 is 0 Å². The number of carbonyl (C=O) groups excluding carboxylic acids is 2. The van der Waals surface area contributed by atoms with Crippen molar-refractivity contribution >= 4 is 11.8 Å². The topological polar surface area (TPSA) is 592 Å². The van der Waals surface area contributed by atoms with Crippen molar-refractivity contribution in [1.29, 1.82) is 0 Å². The lowest BCUT2D eigenvalue weighted by Gasteiger charge is -2.53. The number of hydrogen-bond donors (Lipinski definition) is 22. The van der Waals surface area contributed by atoms with Gasteiger partial charge in [0.1, 0.15) is 159 Å². The zero-order chi connectivity index (χ0) is 87.7. The summed E-state index contributed by atoms with van der Waals surface area (Å²) >= 11 is 0. The smallest absolute Gasteiger partial charge is 0.220 e. The van der Waals surface area contributed by atoms with Crippen LogP contribution in [0.2, 0.25) is 0 Å². The van der Waals surface area contributed by atoms with Crippen LogP contribution in [0.4, 0.5) is 0 Å². The number of nitrogens with one attached hydrogen (secondary N) is 2. The summed E-state index contributed by atoms with van der Waals surface area (Å²) in [5, 5.41) is 230. The molecule has 0 saturated carbocycles. The first kappa shape index (κ1) is 104. The number of ether oxygens (including phenoxy) is 14. The van der Waals surface area contributed by atoms with E-state index in [1.807, 2.05) is 6.08 Å². The monoisotopic (exact) mass is 1740 g/mol. The zero-order valence-electron chi connectivity index (χ0n) is 70.4. The molecule has 7 saturated heterocycles. The number of amides is 2. The Hall–Kier alpha value is -2.68. The predicted octanol–water partition coefficient (Wildman–Crippen LogP) is -1.91. The highest BCUT2D eigenvalue weighted by Gasteiger charge is 2.61. The van der Waals surface area contributed by atoms with E-state index in [2.05, 4.69) is 24.5 Å². The molecule has 37 atom stereocenters. The molecular formula is C82H148N2O36. The molecule has 0 radical (unpaired) electrons. The summed E-state index contributed by atoms with van der Waals surface area (Å²) in [5.74, 6) is -1.31. The van der Waals surface area contributed by atoms with Crippen molar-refractivity contribution in [2.75, 3.05) is 39.6 Å².